The number of methoxy groups -OCH3 is 1. The van der Waals surface area contributed by atoms with Gasteiger partial charge in [0, 0.05) is 6.07 Å². The molecule has 0 aliphatic carbocycles. The van der Waals surface area contributed by atoms with Crippen LogP contribution >= 0.6 is 0 Å². The second-order valence-electron chi connectivity index (χ2n) is 7.66. The molecule has 0 atom stereocenters. The zero-order chi connectivity index (χ0) is 21.5. The molecule has 1 N–H and O–H groups in total. The predicted octanol–water partition coefficient (Wildman–Crippen LogP) is 4.00. The first kappa shape index (κ1) is 21.6. The molecule has 158 valence electrons. The van der Waals surface area contributed by atoms with Crippen LogP contribution < -0.4 is 10.1 Å². The first-order chi connectivity index (χ1) is 14.4. The Hall–Kier alpha value is -3.12. The molecule has 3 aromatic rings. The minimum Gasteiger partial charge on any atom is -0.497 e. The standard InChI is InChI=1S/C24H30N4O2/c1-18-7-11-21(12-8-18)28-23(16-19(2)26-28)25-24(29)17-27(3)15-5-6-20-9-13-22(30-4)14-10-20/h7-14,16H,5-6,15,17H2,1-4H3,(H,25,29). The Morgan fingerprint density at radius 2 is 1.80 bits per heavy atom. The van der Waals surface area contributed by atoms with Crippen molar-refractivity contribution in [2.24, 2.45) is 0 Å². The monoisotopic (exact) mass is 406 g/mol. The Labute approximate surface area is 178 Å². The molecule has 0 aliphatic rings. The Bertz CT molecular complexity index is 962. The van der Waals surface area contributed by atoms with E-state index in [2.05, 4.69) is 22.5 Å². The first-order valence-corrected chi connectivity index (χ1v) is 10.2. The third-order valence-electron chi connectivity index (χ3n) is 4.96. The van der Waals surface area contributed by atoms with E-state index >= 15 is 0 Å². The highest BCUT2D eigenvalue weighted by atomic mass is 16.5. The summed E-state index contributed by atoms with van der Waals surface area (Å²) in [6.07, 6.45) is 1.95. The van der Waals surface area contributed by atoms with Crippen molar-refractivity contribution < 1.29 is 9.53 Å². The van der Waals surface area contributed by atoms with Gasteiger partial charge in [0.2, 0.25) is 5.91 Å². The molecule has 0 unspecified atom stereocenters. The van der Waals surface area contributed by atoms with Crippen molar-refractivity contribution in [3.8, 4) is 11.4 Å². The van der Waals surface area contributed by atoms with Gasteiger partial charge in [0.25, 0.3) is 0 Å². The lowest BCUT2D eigenvalue weighted by Crippen LogP contribution is -2.31. The molecule has 1 heterocycles. The summed E-state index contributed by atoms with van der Waals surface area (Å²) < 4.78 is 6.96. The molecule has 0 saturated heterocycles. The largest absolute Gasteiger partial charge is 0.497 e. The fraction of sp³-hybridized carbons (Fsp3) is 0.333. The van der Waals surface area contributed by atoms with E-state index in [0.29, 0.717) is 12.4 Å². The Balaban J connectivity index is 1.50. The Kier molecular flexibility index (Phi) is 7.25. The maximum Gasteiger partial charge on any atom is 0.239 e. The van der Waals surface area contributed by atoms with Gasteiger partial charge in [-0.15, -0.1) is 0 Å². The number of aromatic nitrogens is 2. The number of nitrogens with zero attached hydrogens (tertiary/aromatic N) is 3. The predicted molar refractivity (Wildman–Crippen MR) is 120 cm³/mol. The number of carbonyl (C=O) groups is 1. The average Bonchev–Trinajstić information content (AvgIpc) is 3.08. The molecule has 1 amide bonds. The van der Waals surface area contributed by atoms with Gasteiger partial charge in [-0.05, 0) is 70.1 Å². The molecule has 3 rings (SSSR count). The third kappa shape index (κ3) is 5.94. The molecular weight excluding hydrogens is 376 g/mol. The summed E-state index contributed by atoms with van der Waals surface area (Å²) in [5, 5.41) is 7.52. The maximum absolute atomic E-state index is 12.6. The highest BCUT2D eigenvalue weighted by Gasteiger charge is 2.12. The van der Waals surface area contributed by atoms with Crippen LogP contribution in [-0.4, -0.2) is 47.8 Å². The van der Waals surface area contributed by atoms with Gasteiger partial charge in [-0.3, -0.25) is 9.69 Å². The van der Waals surface area contributed by atoms with Crippen molar-refractivity contribution in [3.05, 3.63) is 71.4 Å². The van der Waals surface area contributed by atoms with E-state index in [4.69, 9.17) is 4.74 Å². The van der Waals surface area contributed by atoms with Crippen LogP contribution in [0.1, 0.15) is 23.2 Å². The van der Waals surface area contributed by atoms with E-state index < -0.39 is 0 Å². The lowest BCUT2D eigenvalue weighted by molar-refractivity contribution is -0.117. The lowest BCUT2D eigenvalue weighted by Gasteiger charge is -2.16. The van der Waals surface area contributed by atoms with Crippen molar-refractivity contribution in [2.45, 2.75) is 26.7 Å². The molecule has 0 radical (unpaired) electrons. The van der Waals surface area contributed by atoms with Gasteiger partial charge in [-0.2, -0.15) is 5.10 Å². The molecule has 0 saturated carbocycles. The number of nitrogens with one attached hydrogen (secondary N) is 1. The second kappa shape index (κ2) is 10.1. The summed E-state index contributed by atoms with van der Waals surface area (Å²) in [5.41, 5.74) is 4.24. The van der Waals surface area contributed by atoms with Crippen molar-refractivity contribution in [1.29, 1.82) is 0 Å². The van der Waals surface area contributed by atoms with Gasteiger partial charge >= 0.3 is 0 Å². The minimum absolute atomic E-state index is 0.0461. The van der Waals surface area contributed by atoms with E-state index in [-0.39, 0.29) is 5.91 Å². The molecule has 0 spiro atoms. The van der Waals surface area contributed by atoms with E-state index in [1.54, 1.807) is 11.8 Å². The van der Waals surface area contributed by atoms with E-state index in [1.165, 1.54) is 11.1 Å². The van der Waals surface area contributed by atoms with Gasteiger partial charge in [0.05, 0.1) is 25.0 Å². The van der Waals surface area contributed by atoms with Crippen molar-refractivity contribution in [2.75, 3.05) is 32.6 Å². The van der Waals surface area contributed by atoms with Crippen molar-refractivity contribution in [3.63, 3.8) is 0 Å². The van der Waals surface area contributed by atoms with Crippen LogP contribution in [-0.2, 0) is 11.2 Å². The summed E-state index contributed by atoms with van der Waals surface area (Å²) in [6, 6.07) is 18.1. The smallest absolute Gasteiger partial charge is 0.239 e. The highest BCUT2D eigenvalue weighted by Crippen LogP contribution is 2.18. The molecule has 6 heteroatoms. The average molecular weight is 407 g/mol. The third-order valence-corrected chi connectivity index (χ3v) is 4.96. The number of rotatable bonds is 9. The van der Waals surface area contributed by atoms with Gasteiger partial charge in [-0.1, -0.05) is 29.8 Å². The molecule has 0 aliphatic heterocycles. The van der Waals surface area contributed by atoms with E-state index in [0.717, 1.165) is 36.5 Å². The summed E-state index contributed by atoms with van der Waals surface area (Å²) in [7, 11) is 3.64. The molecule has 2 aromatic carbocycles. The number of ether oxygens (including phenoxy) is 1. The van der Waals surface area contributed by atoms with Crippen LogP contribution in [0.3, 0.4) is 0 Å². The fourth-order valence-corrected chi connectivity index (χ4v) is 3.32. The quantitative estimate of drug-likeness (QED) is 0.584. The molecule has 30 heavy (non-hydrogen) atoms. The van der Waals surface area contributed by atoms with Crippen LogP contribution in [0.15, 0.2) is 54.6 Å². The molecule has 0 bridgehead atoms. The number of likely N-dealkylation sites (N-methyl/N-ethyl adjacent to an activating group) is 1. The summed E-state index contributed by atoms with van der Waals surface area (Å²) in [5.74, 6) is 1.51. The molecule has 1 aromatic heterocycles. The van der Waals surface area contributed by atoms with Gasteiger partial charge in [-0.25, -0.2) is 4.68 Å². The number of carbonyl (C=O) groups excluding carboxylic acids is 1. The fourth-order valence-electron chi connectivity index (χ4n) is 3.32. The van der Waals surface area contributed by atoms with Gasteiger partial charge in [0.15, 0.2) is 0 Å². The van der Waals surface area contributed by atoms with Crippen LogP contribution in [0.25, 0.3) is 5.69 Å². The summed E-state index contributed by atoms with van der Waals surface area (Å²) in [4.78, 5) is 14.6. The zero-order valence-electron chi connectivity index (χ0n) is 18.2. The zero-order valence-corrected chi connectivity index (χ0v) is 18.2. The number of benzene rings is 2. The Morgan fingerprint density at radius 1 is 1.10 bits per heavy atom. The van der Waals surface area contributed by atoms with Crippen LogP contribution in [0.2, 0.25) is 0 Å². The number of hydrogen-bond donors (Lipinski definition) is 1. The van der Waals surface area contributed by atoms with Crippen molar-refractivity contribution in [1.82, 2.24) is 14.7 Å². The topological polar surface area (TPSA) is 59.4 Å². The van der Waals surface area contributed by atoms with Gasteiger partial charge < -0.3 is 10.1 Å². The van der Waals surface area contributed by atoms with E-state index in [1.807, 2.05) is 68.3 Å². The summed E-state index contributed by atoms with van der Waals surface area (Å²) in [6.45, 7) is 5.15. The first-order valence-electron chi connectivity index (χ1n) is 10.2. The SMILES string of the molecule is COc1ccc(CCCN(C)CC(=O)Nc2cc(C)nn2-c2ccc(C)cc2)cc1. The number of anilines is 1. The maximum atomic E-state index is 12.6. The van der Waals surface area contributed by atoms with E-state index in [9.17, 15) is 4.79 Å². The number of amides is 1. The molecular formula is C24H30N4O2. The van der Waals surface area contributed by atoms with Crippen LogP contribution in [0.5, 0.6) is 5.75 Å². The second-order valence-corrected chi connectivity index (χ2v) is 7.66. The summed E-state index contributed by atoms with van der Waals surface area (Å²) >= 11 is 0. The Morgan fingerprint density at radius 3 is 2.47 bits per heavy atom. The molecule has 0 fully saturated rings. The normalized spacial score (nSPS) is 11.0. The van der Waals surface area contributed by atoms with Crippen LogP contribution in [0, 0.1) is 13.8 Å². The number of hydrogen-bond acceptors (Lipinski definition) is 4. The minimum atomic E-state index is -0.0461. The lowest BCUT2D eigenvalue weighted by atomic mass is 10.1. The number of aryl methyl sites for hydroxylation is 3. The van der Waals surface area contributed by atoms with Gasteiger partial charge in [0.1, 0.15) is 11.6 Å². The van der Waals surface area contributed by atoms with Crippen molar-refractivity contribution >= 4 is 11.7 Å². The highest BCUT2D eigenvalue weighted by molar-refractivity contribution is 5.91. The van der Waals surface area contributed by atoms with Crippen LogP contribution in [0.4, 0.5) is 5.82 Å². The molecule has 6 nitrogen and oxygen atoms in total.